The van der Waals surface area contributed by atoms with Crippen LogP contribution in [0.15, 0.2) is 41.8 Å². The van der Waals surface area contributed by atoms with Gasteiger partial charge in [0.2, 0.25) is 11.6 Å². The molecule has 1 aliphatic heterocycles. The second-order valence-electron chi connectivity index (χ2n) is 6.79. The van der Waals surface area contributed by atoms with Gasteiger partial charge in [-0.2, -0.15) is 17.6 Å². The number of amides is 2. The molecule has 1 aromatic carbocycles. The Balaban J connectivity index is 2.05. The molecule has 7 nitrogen and oxygen atoms in total. The van der Waals surface area contributed by atoms with Crippen LogP contribution >= 0.6 is 0 Å². The lowest BCUT2D eigenvalue weighted by molar-refractivity contribution is -0.143. The van der Waals surface area contributed by atoms with Crippen LogP contribution in [0.3, 0.4) is 0 Å². The number of allylic oxidation sites excluding steroid dienone is 1. The third-order valence-corrected chi connectivity index (χ3v) is 4.79. The van der Waals surface area contributed by atoms with Crippen molar-refractivity contribution in [3.8, 4) is 5.75 Å². The van der Waals surface area contributed by atoms with Crippen LogP contribution in [0.4, 0.5) is 27.6 Å². The maximum absolute atomic E-state index is 14.2. The Bertz CT molecular complexity index is 1120. The molecule has 3 rings (SSSR count). The molecule has 2 atom stereocenters. The van der Waals surface area contributed by atoms with Crippen molar-refractivity contribution in [3.05, 3.63) is 64.7 Å². The summed E-state index contributed by atoms with van der Waals surface area (Å²) in [4.78, 5) is 27.8. The normalized spacial score (nSPS) is 18.3. The molecule has 0 spiro atoms. The third-order valence-electron chi connectivity index (χ3n) is 4.79. The van der Waals surface area contributed by atoms with E-state index in [1.54, 1.807) is 0 Å². The van der Waals surface area contributed by atoms with Crippen LogP contribution in [-0.2, 0) is 9.53 Å². The van der Waals surface area contributed by atoms with Gasteiger partial charge in [-0.15, -0.1) is 0 Å². The predicted octanol–water partition coefficient (Wildman–Crippen LogP) is 3.42. The number of aromatic nitrogens is 1. The quantitative estimate of drug-likeness (QED) is 0.670. The summed E-state index contributed by atoms with van der Waals surface area (Å²) >= 11 is 0. The number of nitrogens with two attached hydrogens (primary N) is 1. The number of hydrogen-bond acceptors (Lipinski definition) is 5. The van der Waals surface area contributed by atoms with E-state index in [1.165, 1.54) is 6.07 Å². The Kier molecular flexibility index (Phi) is 6.06. The van der Waals surface area contributed by atoms with Crippen molar-refractivity contribution < 1.29 is 41.0 Å². The van der Waals surface area contributed by atoms with Crippen molar-refractivity contribution in [3.63, 3.8) is 0 Å². The fourth-order valence-corrected chi connectivity index (χ4v) is 3.40. The van der Waals surface area contributed by atoms with Crippen molar-refractivity contribution in [1.82, 2.24) is 4.98 Å². The smallest absolute Gasteiger partial charge is 0.448 e. The first-order valence-electron chi connectivity index (χ1n) is 8.99. The third kappa shape index (κ3) is 4.20. The number of nitrogens with zero attached hydrogens (tertiary/aromatic N) is 1. The van der Waals surface area contributed by atoms with Gasteiger partial charge in [0.05, 0.1) is 13.0 Å². The highest BCUT2D eigenvalue weighted by Crippen LogP contribution is 2.48. The minimum absolute atomic E-state index is 0.0107. The Morgan fingerprint density at radius 3 is 2.50 bits per heavy atom. The van der Waals surface area contributed by atoms with Crippen LogP contribution in [0.5, 0.6) is 5.75 Å². The van der Waals surface area contributed by atoms with Gasteiger partial charge in [0.1, 0.15) is 5.69 Å². The standard InChI is InChI=1S/C20H16F5N3O4/c1-8-13(10-3-4-11(21)14(22)15(10)31-2)16(32-17(8)20(23,24)25)19(30)28-9-5-6-27-12(7-9)18(26)29/h3-7,13,16H,1-2H3,(H2,26,29)(H,27,28,30)/t13-,16+/m0/s1. The molecule has 0 saturated carbocycles. The van der Waals surface area contributed by atoms with Gasteiger partial charge < -0.3 is 20.5 Å². The molecule has 170 valence electrons. The molecule has 32 heavy (non-hydrogen) atoms. The molecule has 0 fully saturated rings. The molecule has 0 saturated heterocycles. The summed E-state index contributed by atoms with van der Waals surface area (Å²) in [7, 11) is 1.01. The van der Waals surface area contributed by atoms with Crippen LogP contribution in [0.25, 0.3) is 0 Å². The molecule has 3 N–H and O–H groups in total. The van der Waals surface area contributed by atoms with E-state index in [2.05, 4.69) is 10.3 Å². The van der Waals surface area contributed by atoms with E-state index >= 15 is 0 Å². The monoisotopic (exact) mass is 457 g/mol. The Morgan fingerprint density at radius 2 is 1.91 bits per heavy atom. The molecule has 0 unspecified atom stereocenters. The number of alkyl halides is 3. The van der Waals surface area contributed by atoms with E-state index in [0.29, 0.717) is 6.07 Å². The summed E-state index contributed by atoms with van der Waals surface area (Å²) in [6.07, 6.45) is -5.60. The highest BCUT2D eigenvalue weighted by Gasteiger charge is 2.51. The molecule has 0 aliphatic carbocycles. The number of anilines is 1. The number of primary amides is 1. The Hall–Kier alpha value is -3.70. The van der Waals surface area contributed by atoms with Gasteiger partial charge in [-0.25, -0.2) is 4.39 Å². The summed E-state index contributed by atoms with van der Waals surface area (Å²) < 4.78 is 78.2. The minimum atomic E-state index is -4.95. The van der Waals surface area contributed by atoms with Crippen molar-refractivity contribution in [2.24, 2.45) is 5.73 Å². The molecule has 12 heteroatoms. The summed E-state index contributed by atoms with van der Waals surface area (Å²) in [6.45, 7) is 1.07. The van der Waals surface area contributed by atoms with Gasteiger partial charge >= 0.3 is 6.18 Å². The molecule has 1 aromatic heterocycles. The number of hydrogen-bond donors (Lipinski definition) is 2. The lowest BCUT2D eigenvalue weighted by atomic mass is 9.87. The number of methoxy groups -OCH3 is 1. The zero-order chi connectivity index (χ0) is 23.8. The fraction of sp³-hybridized carbons (Fsp3) is 0.250. The zero-order valence-corrected chi connectivity index (χ0v) is 16.6. The average Bonchev–Trinajstić information content (AvgIpc) is 3.07. The molecule has 2 aromatic rings. The zero-order valence-electron chi connectivity index (χ0n) is 16.6. The maximum atomic E-state index is 14.2. The van der Waals surface area contributed by atoms with Crippen LogP contribution in [0, 0.1) is 11.6 Å². The first-order valence-corrected chi connectivity index (χ1v) is 8.99. The van der Waals surface area contributed by atoms with E-state index < -0.39 is 58.7 Å². The molecule has 2 amide bonds. The fourth-order valence-electron chi connectivity index (χ4n) is 3.40. The Morgan fingerprint density at radius 1 is 1.22 bits per heavy atom. The summed E-state index contributed by atoms with van der Waals surface area (Å²) in [5.41, 5.74) is 4.31. The van der Waals surface area contributed by atoms with Gasteiger partial charge in [-0.1, -0.05) is 6.07 Å². The Labute approximate surface area is 178 Å². The topological polar surface area (TPSA) is 104 Å². The first kappa shape index (κ1) is 23.0. The number of nitrogens with one attached hydrogen (secondary N) is 1. The number of rotatable bonds is 5. The van der Waals surface area contributed by atoms with Gasteiger partial charge in [0.15, 0.2) is 17.7 Å². The van der Waals surface area contributed by atoms with Crippen LogP contribution in [0.1, 0.15) is 28.9 Å². The van der Waals surface area contributed by atoms with Crippen LogP contribution < -0.4 is 15.8 Å². The number of carbonyl (C=O) groups excluding carboxylic acids is 2. The molecule has 2 heterocycles. The van der Waals surface area contributed by atoms with Crippen molar-refractivity contribution >= 4 is 17.5 Å². The van der Waals surface area contributed by atoms with Crippen molar-refractivity contribution in [1.29, 1.82) is 0 Å². The minimum Gasteiger partial charge on any atom is -0.493 e. The highest BCUT2D eigenvalue weighted by molar-refractivity contribution is 5.97. The van der Waals surface area contributed by atoms with Gasteiger partial charge in [0, 0.05) is 17.4 Å². The predicted molar refractivity (Wildman–Crippen MR) is 101 cm³/mol. The van der Waals surface area contributed by atoms with E-state index in [-0.39, 0.29) is 16.9 Å². The molecule has 0 radical (unpaired) electrons. The molecular weight excluding hydrogens is 441 g/mol. The van der Waals surface area contributed by atoms with Gasteiger partial charge in [0.25, 0.3) is 11.8 Å². The lowest BCUT2D eigenvalue weighted by Crippen LogP contribution is -2.33. The summed E-state index contributed by atoms with van der Waals surface area (Å²) in [6, 6.07) is 4.12. The maximum Gasteiger partial charge on any atom is 0.448 e. The van der Waals surface area contributed by atoms with E-state index in [4.69, 9.17) is 15.2 Å². The first-order chi connectivity index (χ1) is 15.0. The molecular formula is C20H16F5N3O4. The highest BCUT2D eigenvalue weighted by atomic mass is 19.4. The van der Waals surface area contributed by atoms with E-state index in [0.717, 1.165) is 32.4 Å². The lowest BCUT2D eigenvalue weighted by Gasteiger charge is -2.22. The number of pyridine rings is 1. The van der Waals surface area contributed by atoms with Gasteiger partial charge in [-0.3, -0.25) is 14.6 Å². The van der Waals surface area contributed by atoms with Crippen molar-refractivity contribution in [2.75, 3.05) is 12.4 Å². The summed E-state index contributed by atoms with van der Waals surface area (Å²) in [5.74, 6) is -8.16. The molecule has 1 aliphatic rings. The molecule has 0 bridgehead atoms. The van der Waals surface area contributed by atoms with Crippen LogP contribution in [-0.4, -0.2) is 36.2 Å². The second kappa shape index (κ2) is 8.44. The average molecular weight is 457 g/mol. The largest absolute Gasteiger partial charge is 0.493 e. The van der Waals surface area contributed by atoms with E-state index in [9.17, 15) is 31.5 Å². The SMILES string of the molecule is COc1c([C@@H]2C(C)=C(C(F)(F)F)O[C@H]2C(=O)Nc2ccnc(C(N)=O)c2)ccc(F)c1F. The van der Waals surface area contributed by atoms with Crippen LogP contribution in [0.2, 0.25) is 0 Å². The van der Waals surface area contributed by atoms with E-state index in [1.807, 2.05) is 0 Å². The second-order valence-corrected chi connectivity index (χ2v) is 6.79. The number of carbonyl (C=O) groups is 2. The number of benzene rings is 1. The van der Waals surface area contributed by atoms with Gasteiger partial charge in [-0.05, 0) is 30.7 Å². The van der Waals surface area contributed by atoms with Crippen molar-refractivity contribution in [2.45, 2.75) is 25.1 Å². The number of halogens is 5. The number of ether oxygens (including phenoxy) is 2. The summed E-state index contributed by atoms with van der Waals surface area (Å²) in [5, 5.41) is 2.32.